The molecule has 0 heterocycles. The Morgan fingerprint density at radius 1 is 1.27 bits per heavy atom. The molecule has 1 aromatic carbocycles. The zero-order chi connectivity index (χ0) is 11.1. The predicted octanol–water partition coefficient (Wildman–Crippen LogP) is 4.15. The summed E-state index contributed by atoms with van der Waals surface area (Å²) < 4.78 is 0. The first-order valence-corrected chi connectivity index (χ1v) is 6.00. The SMILES string of the molecule is CCCCCC(C)Cc1cccc(O)c1. The van der Waals surface area contributed by atoms with Crippen molar-refractivity contribution in [2.45, 2.75) is 46.0 Å². The average Bonchev–Trinajstić information content (AvgIpc) is 2.18. The molecule has 0 saturated carbocycles. The van der Waals surface area contributed by atoms with Crippen LogP contribution in [0.5, 0.6) is 5.75 Å². The van der Waals surface area contributed by atoms with Crippen molar-refractivity contribution in [3.05, 3.63) is 29.8 Å². The van der Waals surface area contributed by atoms with Crippen molar-refractivity contribution in [1.29, 1.82) is 0 Å². The molecule has 0 aliphatic carbocycles. The third-order valence-corrected chi connectivity index (χ3v) is 2.80. The monoisotopic (exact) mass is 206 g/mol. The van der Waals surface area contributed by atoms with Gasteiger partial charge in [-0.05, 0) is 30.0 Å². The minimum atomic E-state index is 0.383. The van der Waals surface area contributed by atoms with Crippen LogP contribution in [-0.2, 0) is 6.42 Å². The molecule has 0 aromatic heterocycles. The molecule has 15 heavy (non-hydrogen) atoms. The molecule has 0 bridgehead atoms. The first kappa shape index (κ1) is 12.1. The molecular formula is C14H22O. The summed E-state index contributed by atoms with van der Waals surface area (Å²) in [6.45, 7) is 4.53. The van der Waals surface area contributed by atoms with E-state index < -0.39 is 0 Å². The van der Waals surface area contributed by atoms with Crippen LogP contribution in [0.15, 0.2) is 24.3 Å². The summed E-state index contributed by atoms with van der Waals surface area (Å²) in [5.74, 6) is 1.10. The molecule has 0 radical (unpaired) electrons. The number of hydrogen-bond donors (Lipinski definition) is 1. The smallest absolute Gasteiger partial charge is 0.115 e. The Morgan fingerprint density at radius 2 is 2.07 bits per heavy atom. The summed E-state index contributed by atoms with van der Waals surface area (Å²) in [5, 5.41) is 9.34. The van der Waals surface area contributed by atoms with Crippen LogP contribution in [0, 0.1) is 5.92 Å². The maximum atomic E-state index is 9.34. The lowest BCUT2D eigenvalue weighted by Crippen LogP contribution is -1.99. The molecule has 84 valence electrons. The Labute approximate surface area is 93.1 Å². The van der Waals surface area contributed by atoms with Crippen molar-refractivity contribution in [2.24, 2.45) is 5.92 Å². The Morgan fingerprint density at radius 3 is 2.73 bits per heavy atom. The maximum Gasteiger partial charge on any atom is 0.115 e. The molecule has 0 aliphatic heterocycles. The van der Waals surface area contributed by atoms with Gasteiger partial charge in [-0.1, -0.05) is 51.7 Å². The van der Waals surface area contributed by atoms with Gasteiger partial charge in [-0.3, -0.25) is 0 Å². The summed E-state index contributed by atoms with van der Waals surface area (Å²) in [6, 6.07) is 7.61. The molecule has 1 nitrogen and oxygen atoms in total. The van der Waals surface area contributed by atoms with Crippen LogP contribution >= 0.6 is 0 Å². The molecule has 1 N–H and O–H groups in total. The van der Waals surface area contributed by atoms with E-state index in [-0.39, 0.29) is 0 Å². The summed E-state index contributed by atoms with van der Waals surface area (Å²) in [5.41, 5.74) is 1.25. The van der Waals surface area contributed by atoms with Crippen LogP contribution in [0.4, 0.5) is 0 Å². The van der Waals surface area contributed by atoms with Gasteiger partial charge in [-0.15, -0.1) is 0 Å². The van der Waals surface area contributed by atoms with Crippen molar-refractivity contribution in [2.75, 3.05) is 0 Å². The number of benzene rings is 1. The number of phenols is 1. The number of phenolic OH excluding ortho intramolecular Hbond substituents is 1. The van der Waals surface area contributed by atoms with Gasteiger partial charge in [0.2, 0.25) is 0 Å². The van der Waals surface area contributed by atoms with Crippen molar-refractivity contribution >= 4 is 0 Å². The van der Waals surface area contributed by atoms with Crippen molar-refractivity contribution in [3.63, 3.8) is 0 Å². The van der Waals surface area contributed by atoms with E-state index in [0.29, 0.717) is 5.75 Å². The molecule has 1 atom stereocenters. The zero-order valence-electron chi connectivity index (χ0n) is 9.87. The molecule has 1 rings (SSSR count). The van der Waals surface area contributed by atoms with Crippen molar-refractivity contribution in [3.8, 4) is 5.75 Å². The number of rotatable bonds is 6. The van der Waals surface area contributed by atoms with Gasteiger partial charge in [0.1, 0.15) is 5.75 Å². The zero-order valence-corrected chi connectivity index (χ0v) is 9.87. The Balaban J connectivity index is 2.34. The molecule has 0 aliphatic rings. The van der Waals surface area contributed by atoms with Crippen LogP contribution in [0.3, 0.4) is 0 Å². The molecular weight excluding hydrogens is 184 g/mol. The van der Waals surface area contributed by atoms with Gasteiger partial charge in [0.15, 0.2) is 0 Å². The van der Waals surface area contributed by atoms with E-state index >= 15 is 0 Å². The molecule has 0 fully saturated rings. The standard InChI is InChI=1S/C14H22O/c1-3-4-5-7-12(2)10-13-8-6-9-14(15)11-13/h6,8-9,11-12,15H,3-5,7,10H2,1-2H3. The van der Waals surface area contributed by atoms with E-state index in [0.717, 1.165) is 12.3 Å². The number of unbranched alkanes of at least 4 members (excludes halogenated alkanes) is 2. The van der Waals surface area contributed by atoms with Gasteiger partial charge in [0.25, 0.3) is 0 Å². The fourth-order valence-corrected chi connectivity index (χ4v) is 1.93. The van der Waals surface area contributed by atoms with E-state index in [1.165, 1.54) is 31.2 Å². The highest BCUT2D eigenvalue weighted by Crippen LogP contribution is 2.18. The lowest BCUT2D eigenvalue weighted by molar-refractivity contribution is 0.469. The summed E-state index contributed by atoms with van der Waals surface area (Å²) in [4.78, 5) is 0. The molecule has 1 unspecified atom stereocenters. The highest BCUT2D eigenvalue weighted by atomic mass is 16.3. The predicted molar refractivity (Wildman–Crippen MR) is 65.1 cm³/mol. The van der Waals surface area contributed by atoms with Gasteiger partial charge >= 0.3 is 0 Å². The molecule has 0 spiro atoms. The van der Waals surface area contributed by atoms with Crippen LogP contribution in [0.1, 0.15) is 45.1 Å². The fourth-order valence-electron chi connectivity index (χ4n) is 1.93. The third-order valence-electron chi connectivity index (χ3n) is 2.80. The Hall–Kier alpha value is -0.980. The third kappa shape index (κ3) is 4.87. The van der Waals surface area contributed by atoms with E-state index in [1.807, 2.05) is 12.1 Å². The van der Waals surface area contributed by atoms with Crippen LogP contribution in [0.2, 0.25) is 0 Å². The first-order chi connectivity index (χ1) is 7.22. The minimum Gasteiger partial charge on any atom is -0.508 e. The topological polar surface area (TPSA) is 20.2 Å². The first-order valence-electron chi connectivity index (χ1n) is 6.00. The van der Waals surface area contributed by atoms with E-state index in [2.05, 4.69) is 19.9 Å². The summed E-state index contributed by atoms with van der Waals surface area (Å²) >= 11 is 0. The van der Waals surface area contributed by atoms with Crippen LogP contribution in [-0.4, -0.2) is 5.11 Å². The quantitative estimate of drug-likeness (QED) is 0.693. The highest BCUT2D eigenvalue weighted by molar-refractivity contribution is 5.27. The summed E-state index contributed by atoms with van der Waals surface area (Å²) in [7, 11) is 0. The Bertz CT molecular complexity index is 280. The molecule has 1 heteroatoms. The van der Waals surface area contributed by atoms with Gasteiger partial charge in [-0.2, -0.15) is 0 Å². The largest absolute Gasteiger partial charge is 0.508 e. The van der Waals surface area contributed by atoms with E-state index in [4.69, 9.17) is 0 Å². The maximum absolute atomic E-state index is 9.34. The van der Waals surface area contributed by atoms with E-state index in [1.54, 1.807) is 6.07 Å². The highest BCUT2D eigenvalue weighted by Gasteiger charge is 2.03. The minimum absolute atomic E-state index is 0.383. The van der Waals surface area contributed by atoms with Gasteiger partial charge < -0.3 is 5.11 Å². The fraction of sp³-hybridized carbons (Fsp3) is 0.571. The molecule has 0 saturated heterocycles. The van der Waals surface area contributed by atoms with E-state index in [9.17, 15) is 5.11 Å². The van der Waals surface area contributed by atoms with Gasteiger partial charge in [-0.25, -0.2) is 0 Å². The number of hydrogen-bond acceptors (Lipinski definition) is 1. The molecule has 1 aromatic rings. The van der Waals surface area contributed by atoms with Crippen LogP contribution in [0.25, 0.3) is 0 Å². The van der Waals surface area contributed by atoms with Crippen molar-refractivity contribution in [1.82, 2.24) is 0 Å². The molecule has 0 amide bonds. The lowest BCUT2D eigenvalue weighted by Gasteiger charge is -2.11. The second-order valence-corrected chi connectivity index (χ2v) is 4.47. The normalized spacial score (nSPS) is 12.7. The lowest BCUT2D eigenvalue weighted by atomic mass is 9.95. The van der Waals surface area contributed by atoms with Crippen molar-refractivity contribution < 1.29 is 5.11 Å². The average molecular weight is 206 g/mol. The second kappa shape index (κ2) is 6.49. The summed E-state index contributed by atoms with van der Waals surface area (Å²) in [6.07, 6.45) is 6.33. The van der Waals surface area contributed by atoms with Gasteiger partial charge in [0, 0.05) is 0 Å². The second-order valence-electron chi connectivity index (χ2n) is 4.47. The number of aromatic hydroxyl groups is 1. The van der Waals surface area contributed by atoms with Crippen LogP contribution < -0.4 is 0 Å². The Kier molecular flexibility index (Phi) is 5.23. The van der Waals surface area contributed by atoms with Gasteiger partial charge in [0.05, 0.1) is 0 Å².